The third-order valence-corrected chi connectivity index (χ3v) is 4.56. The van der Waals surface area contributed by atoms with Gasteiger partial charge in [-0.05, 0) is 32.2 Å². The summed E-state index contributed by atoms with van der Waals surface area (Å²) in [5, 5.41) is 4.21. The number of oxazole rings is 1. The summed E-state index contributed by atoms with van der Waals surface area (Å²) < 4.78 is 11.1. The van der Waals surface area contributed by atoms with Crippen molar-refractivity contribution in [2.45, 2.75) is 57.4 Å². The first-order valence-corrected chi connectivity index (χ1v) is 8.31. The number of aromatic nitrogens is 3. The molecule has 1 aliphatic carbocycles. The summed E-state index contributed by atoms with van der Waals surface area (Å²) in [6, 6.07) is 0. The van der Waals surface area contributed by atoms with E-state index in [4.69, 9.17) is 8.94 Å². The normalized spacial score (nSPS) is 23.0. The Morgan fingerprint density at radius 3 is 2.95 bits per heavy atom. The fourth-order valence-electron chi connectivity index (χ4n) is 3.09. The van der Waals surface area contributed by atoms with E-state index in [0.717, 1.165) is 62.3 Å². The van der Waals surface area contributed by atoms with Gasteiger partial charge in [0.15, 0.2) is 5.82 Å². The van der Waals surface area contributed by atoms with Gasteiger partial charge in [-0.3, -0.25) is 4.90 Å². The standard InChI is InChI=1S/C16H22N4O2/c1-2-13-8-17-14(21-13)10-20-7-3-4-12(9-20)15-18-16(22-19-15)11-5-6-11/h8,11-12H,2-7,9-10H2,1H3/t12-/m1/s1. The van der Waals surface area contributed by atoms with E-state index in [9.17, 15) is 0 Å². The van der Waals surface area contributed by atoms with Crippen molar-refractivity contribution in [3.63, 3.8) is 0 Å². The molecule has 2 aromatic heterocycles. The molecule has 118 valence electrons. The summed E-state index contributed by atoms with van der Waals surface area (Å²) in [7, 11) is 0. The van der Waals surface area contributed by atoms with Crippen LogP contribution in [0.5, 0.6) is 0 Å². The number of likely N-dealkylation sites (tertiary alicyclic amines) is 1. The first-order valence-electron chi connectivity index (χ1n) is 8.31. The van der Waals surface area contributed by atoms with Crippen LogP contribution in [0.1, 0.15) is 67.8 Å². The van der Waals surface area contributed by atoms with Crippen LogP contribution in [-0.2, 0) is 13.0 Å². The zero-order valence-corrected chi connectivity index (χ0v) is 13.0. The number of hydrogen-bond donors (Lipinski definition) is 0. The fourth-order valence-corrected chi connectivity index (χ4v) is 3.09. The maximum absolute atomic E-state index is 5.72. The zero-order chi connectivity index (χ0) is 14.9. The predicted octanol–water partition coefficient (Wildman–Crippen LogP) is 2.88. The van der Waals surface area contributed by atoms with Crippen LogP contribution in [0.15, 0.2) is 15.1 Å². The Bertz CT molecular complexity index is 632. The molecular formula is C16H22N4O2. The van der Waals surface area contributed by atoms with E-state index in [-0.39, 0.29) is 0 Å². The molecule has 0 spiro atoms. The van der Waals surface area contributed by atoms with E-state index in [0.29, 0.717) is 11.8 Å². The van der Waals surface area contributed by atoms with Gasteiger partial charge < -0.3 is 8.94 Å². The number of nitrogens with zero attached hydrogens (tertiary/aromatic N) is 4. The Morgan fingerprint density at radius 1 is 1.27 bits per heavy atom. The van der Waals surface area contributed by atoms with Crippen molar-refractivity contribution in [3.05, 3.63) is 29.6 Å². The molecule has 6 nitrogen and oxygen atoms in total. The van der Waals surface area contributed by atoms with Gasteiger partial charge in [0.1, 0.15) is 5.76 Å². The Kier molecular flexibility index (Phi) is 3.70. The van der Waals surface area contributed by atoms with Crippen LogP contribution in [0, 0.1) is 0 Å². The van der Waals surface area contributed by atoms with Gasteiger partial charge in [-0.15, -0.1) is 0 Å². The minimum atomic E-state index is 0.366. The molecule has 1 aliphatic heterocycles. The van der Waals surface area contributed by atoms with Crippen LogP contribution < -0.4 is 0 Å². The van der Waals surface area contributed by atoms with E-state index in [1.807, 2.05) is 6.20 Å². The second kappa shape index (κ2) is 5.83. The monoisotopic (exact) mass is 302 g/mol. The van der Waals surface area contributed by atoms with Crippen molar-refractivity contribution in [1.29, 1.82) is 0 Å². The first-order chi connectivity index (χ1) is 10.8. The average Bonchev–Trinajstić information content (AvgIpc) is 3.10. The maximum Gasteiger partial charge on any atom is 0.229 e. The van der Waals surface area contributed by atoms with Crippen LogP contribution in [0.2, 0.25) is 0 Å². The predicted molar refractivity (Wildman–Crippen MR) is 79.4 cm³/mol. The number of rotatable bonds is 5. The third kappa shape index (κ3) is 2.92. The second-order valence-electron chi connectivity index (χ2n) is 6.41. The van der Waals surface area contributed by atoms with Gasteiger partial charge in [0, 0.05) is 24.8 Å². The molecule has 4 rings (SSSR count). The van der Waals surface area contributed by atoms with E-state index >= 15 is 0 Å². The second-order valence-corrected chi connectivity index (χ2v) is 6.41. The van der Waals surface area contributed by atoms with Crippen LogP contribution in [0.4, 0.5) is 0 Å². The number of aryl methyl sites for hydroxylation is 1. The molecule has 0 aromatic carbocycles. The van der Waals surface area contributed by atoms with Crippen LogP contribution in [0.25, 0.3) is 0 Å². The van der Waals surface area contributed by atoms with Crippen molar-refractivity contribution in [2.24, 2.45) is 0 Å². The Balaban J connectivity index is 1.40. The van der Waals surface area contributed by atoms with Gasteiger partial charge in [0.05, 0.1) is 12.7 Å². The topological polar surface area (TPSA) is 68.2 Å². The first kappa shape index (κ1) is 13.9. The Morgan fingerprint density at radius 2 is 2.18 bits per heavy atom. The lowest BCUT2D eigenvalue weighted by Crippen LogP contribution is -2.34. The quantitative estimate of drug-likeness (QED) is 0.846. The van der Waals surface area contributed by atoms with Crippen molar-refractivity contribution in [3.8, 4) is 0 Å². The van der Waals surface area contributed by atoms with E-state index in [1.54, 1.807) is 0 Å². The highest BCUT2D eigenvalue weighted by Gasteiger charge is 2.32. The summed E-state index contributed by atoms with van der Waals surface area (Å²) in [6.07, 6.45) is 7.40. The van der Waals surface area contributed by atoms with E-state index in [1.165, 1.54) is 12.8 Å². The highest BCUT2D eigenvalue weighted by molar-refractivity contribution is 5.05. The highest BCUT2D eigenvalue weighted by atomic mass is 16.5. The average molecular weight is 302 g/mol. The molecule has 2 fully saturated rings. The third-order valence-electron chi connectivity index (χ3n) is 4.56. The lowest BCUT2D eigenvalue weighted by atomic mass is 9.97. The largest absolute Gasteiger partial charge is 0.444 e. The molecule has 2 aliphatic rings. The van der Waals surface area contributed by atoms with Crippen LogP contribution >= 0.6 is 0 Å². The molecule has 3 heterocycles. The van der Waals surface area contributed by atoms with Gasteiger partial charge >= 0.3 is 0 Å². The molecule has 0 amide bonds. The highest BCUT2D eigenvalue weighted by Crippen LogP contribution is 2.39. The molecule has 0 bridgehead atoms. The smallest absolute Gasteiger partial charge is 0.229 e. The molecule has 0 radical (unpaired) electrons. The molecule has 0 unspecified atom stereocenters. The Hall–Kier alpha value is -1.69. The molecule has 0 N–H and O–H groups in total. The van der Waals surface area contributed by atoms with Gasteiger partial charge in [-0.1, -0.05) is 12.1 Å². The molecular weight excluding hydrogens is 280 g/mol. The maximum atomic E-state index is 5.72. The summed E-state index contributed by atoms with van der Waals surface area (Å²) in [5.74, 6) is 4.38. The molecule has 1 atom stereocenters. The summed E-state index contributed by atoms with van der Waals surface area (Å²) >= 11 is 0. The molecule has 6 heteroatoms. The summed E-state index contributed by atoms with van der Waals surface area (Å²) in [4.78, 5) is 11.3. The van der Waals surface area contributed by atoms with Crippen LogP contribution in [0.3, 0.4) is 0 Å². The number of hydrogen-bond acceptors (Lipinski definition) is 6. The van der Waals surface area contributed by atoms with Crippen molar-refractivity contribution in [2.75, 3.05) is 13.1 Å². The van der Waals surface area contributed by atoms with Crippen molar-refractivity contribution < 1.29 is 8.94 Å². The minimum Gasteiger partial charge on any atom is -0.444 e. The number of piperidine rings is 1. The van der Waals surface area contributed by atoms with Gasteiger partial charge in [0.25, 0.3) is 0 Å². The van der Waals surface area contributed by atoms with Crippen molar-refractivity contribution >= 4 is 0 Å². The van der Waals surface area contributed by atoms with Gasteiger partial charge in [-0.2, -0.15) is 4.98 Å². The van der Waals surface area contributed by atoms with Gasteiger partial charge in [0.2, 0.25) is 11.8 Å². The van der Waals surface area contributed by atoms with Crippen molar-refractivity contribution in [1.82, 2.24) is 20.0 Å². The van der Waals surface area contributed by atoms with E-state index in [2.05, 4.69) is 26.9 Å². The van der Waals surface area contributed by atoms with E-state index < -0.39 is 0 Å². The lowest BCUT2D eigenvalue weighted by Gasteiger charge is -2.30. The SMILES string of the molecule is CCc1cnc(CN2CCC[C@@H](c3noc(C4CC4)n3)C2)o1. The molecule has 2 aromatic rings. The lowest BCUT2D eigenvalue weighted by molar-refractivity contribution is 0.178. The Labute approximate surface area is 129 Å². The molecule has 1 saturated carbocycles. The zero-order valence-electron chi connectivity index (χ0n) is 13.0. The minimum absolute atomic E-state index is 0.366. The fraction of sp³-hybridized carbons (Fsp3) is 0.688. The van der Waals surface area contributed by atoms with Crippen LogP contribution in [-0.4, -0.2) is 33.1 Å². The summed E-state index contributed by atoms with van der Waals surface area (Å²) in [6.45, 7) is 4.87. The van der Waals surface area contributed by atoms with Gasteiger partial charge in [-0.25, -0.2) is 4.98 Å². The molecule has 1 saturated heterocycles. The summed E-state index contributed by atoms with van der Waals surface area (Å²) in [5.41, 5.74) is 0. The molecule has 22 heavy (non-hydrogen) atoms.